The van der Waals surface area contributed by atoms with Gasteiger partial charge in [0.25, 0.3) is 0 Å². The normalized spacial score (nSPS) is 11.8. The monoisotopic (exact) mass is 388 g/mol. The van der Waals surface area contributed by atoms with E-state index in [1.165, 1.54) is 11.4 Å². The molecule has 0 saturated heterocycles. The van der Waals surface area contributed by atoms with E-state index in [-0.39, 0.29) is 11.4 Å². The Morgan fingerprint density at radius 3 is 2.62 bits per heavy atom. The summed E-state index contributed by atoms with van der Waals surface area (Å²) < 4.78 is 27.0. The number of hydrogen-bond acceptors (Lipinski definition) is 3. The van der Waals surface area contributed by atoms with Gasteiger partial charge >= 0.3 is 0 Å². The fraction of sp³-hybridized carbons (Fsp3) is 0.143. The molecule has 2 N–H and O–H groups in total. The van der Waals surface area contributed by atoms with Crippen molar-refractivity contribution in [1.82, 2.24) is 4.31 Å². The molecular weight excluding hydrogens is 376 g/mol. The van der Waals surface area contributed by atoms with Crippen LogP contribution in [0.3, 0.4) is 0 Å². The van der Waals surface area contributed by atoms with Crippen molar-refractivity contribution >= 4 is 43.2 Å². The van der Waals surface area contributed by atoms with E-state index in [1.54, 1.807) is 42.5 Å². The van der Waals surface area contributed by atoms with Gasteiger partial charge in [0.1, 0.15) is 0 Å². The number of anilines is 1. The predicted octanol–water partition coefficient (Wildman–Crippen LogP) is 3.51. The summed E-state index contributed by atoms with van der Waals surface area (Å²) in [5.74, 6) is 0. The molecule has 0 saturated carbocycles. The standard InChI is InChI=1S/C14H14BrClN2O2S/c1-18(9-10-7-12(17)5-6-14(10)16)21(19,20)13-4-2-3-11(15)8-13/h2-8H,9,17H2,1H3. The summed E-state index contributed by atoms with van der Waals surface area (Å²) in [4.78, 5) is 0.222. The van der Waals surface area contributed by atoms with Crippen molar-refractivity contribution in [3.8, 4) is 0 Å². The molecule has 2 aromatic rings. The Morgan fingerprint density at radius 1 is 1.24 bits per heavy atom. The minimum Gasteiger partial charge on any atom is -0.399 e. The lowest BCUT2D eigenvalue weighted by Gasteiger charge is -2.18. The van der Waals surface area contributed by atoms with Gasteiger partial charge in [0.15, 0.2) is 0 Å². The minimum absolute atomic E-state index is 0.152. The van der Waals surface area contributed by atoms with Crippen molar-refractivity contribution in [2.24, 2.45) is 0 Å². The topological polar surface area (TPSA) is 63.4 Å². The lowest BCUT2D eigenvalue weighted by Crippen LogP contribution is -2.26. The van der Waals surface area contributed by atoms with Gasteiger partial charge in [-0.2, -0.15) is 4.31 Å². The maximum Gasteiger partial charge on any atom is 0.243 e. The van der Waals surface area contributed by atoms with E-state index < -0.39 is 10.0 Å². The van der Waals surface area contributed by atoms with Crippen molar-refractivity contribution in [3.05, 3.63) is 57.5 Å². The molecule has 0 fully saturated rings. The zero-order valence-corrected chi connectivity index (χ0v) is 14.4. The Bertz CT molecular complexity index is 765. The van der Waals surface area contributed by atoms with Crippen molar-refractivity contribution in [1.29, 1.82) is 0 Å². The summed E-state index contributed by atoms with van der Waals surface area (Å²) in [5, 5.41) is 0.487. The van der Waals surface area contributed by atoms with Crippen LogP contribution < -0.4 is 5.73 Å². The highest BCUT2D eigenvalue weighted by molar-refractivity contribution is 9.10. The Labute approximate surface area is 137 Å². The maximum atomic E-state index is 12.5. The average Bonchev–Trinajstić information content (AvgIpc) is 2.42. The van der Waals surface area contributed by atoms with Gasteiger partial charge in [-0.25, -0.2) is 8.42 Å². The van der Waals surface area contributed by atoms with Crippen LogP contribution in [0, 0.1) is 0 Å². The van der Waals surface area contributed by atoms with Crippen LogP contribution in [-0.2, 0) is 16.6 Å². The first-order valence-corrected chi connectivity index (χ1v) is 8.67. The molecule has 21 heavy (non-hydrogen) atoms. The Kier molecular flexibility index (Phi) is 4.93. The van der Waals surface area contributed by atoms with E-state index in [2.05, 4.69) is 15.9 Å². The fourth-order valence-corrected chi connectivity index (χ4v) is 3.77. The molecule has 0 unspecified atom stereocenters. The molecule has 0 spiro atoms. The van der Waals surface area contributed by atoms with Crippen LogP contribution in [0.5, 0.6) is 0 Å². The molecule has 0 amide bonds. The summed E-state index contributed by atoms with van der Waals surface area (Å²) in [6.45, 7) is 0.152. The first-order chi connectivity index (χ1) is 9.80. The molecule has 112 valence electrons. The van der Waals surface area contributed by atoms with Gasteiger partial charge in [-0.1, -0.05) is 33.6 Å². The molecule has 0 bridgehead atoms. The lowest BCUT2D eigenvalue weighted by molar-refractivity contribution is 0.467. The molecular formula is C14H14BrClN2O2S. The van der Waals surface area contributed by atoms with E-state index in [1.807, 2.05) is 0 Å². The van der Waals surface area contributed by atoms with Crippen molar-refractivity contribution in [3.63, 3.8) is 0 Å². The molecule has 0 heterocycles. The molecule has 0 aliphatic heterocycles. The Balaban J connectivity index is 2.31. The molecule has 7 heteroatoms. The largest absolute Gasteiger partial charge is 0.399 e. The third-order valence-corrected chi connectivity index (χ3v) is 5.63. The second-order valence-corrected chi connectivity index (χ2v) is 7.94. The Hall–Kier alpha value is -1.08. The van der Waals surface area contributed by atoms with Crippen LogP contribution in [0.25, 0.3) is 0 Å². The van der Waals surface area contributed by atoms with E-state index >= 15 is 0 Å². The van der Waals surface area contributed by atoms with Crippen LogP contribution in [0.1, 0.15) is 5.56 Å². The van der Waals surface area contributed by atoms with Gasteiger partial charge in [0.2, 0.25) is 10.0 Å². The van der Waals surface area contributed by atoms with Crippen molar-refractivity contribution in [2.75, 3.05) is 12.8 Å². The molecule has 0 aliphatic carbocycles. The number of nitrogen functional groups attached to an aromatic ring is 1. The van der Waals surface area contributed by atoms with Crippen LogP contribution in [0.2, 0.25) is 5.02 Å². The summed E-state index contributed by atoms with van der Waals surface area (Å²) in [5.41, 5.74) is 6.92. The quantitative estimate of drug-likeness (QED) is 0.814. The van der Waals surface area contributed by atoms with Gasteiger partial charge in [0, 0.05) is 28.8 Å². The summed E-state index contributed by atoms with van der Waals surface area (Å²) >= 11 is 9.35. The fourth-order valence-electron chi connectivity index (χ4n) is 1.85. The molecule has 4 nitrogen and oxygen atoms in total. The second-order valence-electron chi connectivity index (χ2n) is 4.57. The third kappa shape index (κ3) is 3.77. The van der Waals surface area contributed by atoms with Crippen LogP contribution in [0.15, 0.2) is 51.8 Å². The second kappa shape index (κ2) is 6.36. The highest BCUT2D eigenvalue weighted by Gasteiger charge is 2.21. The van der Waals surface area contributed by atoms with E-state index in [0.29, 0.717) is 20.7 Å². The summed E-state index contributed by atoms with van der Waals surface area (Å²) in [6, 6.07) is 11.6. The lowest BCUT2D eigenvalue weighted by atomic mass is 10.2. The number of rotatable bonds is 4. The maximum absolute atomic E-state index is 12.5. The van der Waals surface area contributed by atoms with Gasteiger partial charge < -0.3 is 5.73 Å². The van der Waals surface area contributed by atoms with Gasteiger partial charge in [0.05, 0.1) is 4.90 Å². The van der Waals surface area contributed by atoms with Crippen LogP contribution >= 0.6 is 27.5 Å². The molecule has 0 aliphatic rings. The smallest absolute Gasteiger partial charge is 0.243 e. The number of sulfonamides is 1. The van der Waals surface area contributed by atoms with E-state index in [9.17, 15) is 8.42 Å². The molecule has 0 aromatic heterocycles. The summed E-state index contributed by atoms with van der Waals surface area (Å²) in [6.07, 6.45) is 0. The molecule has 2 aromatic carbocycles. The predicted molar refractivity (Wildman–Crippen MR) is 88.7 cm³/mol. The van der Waals surface area contributed by atoms with Gasteiger partial charge in [-0.3, -0.25) is 0 Å². The Morgan fingerprint density at radius 2 is 1.95 bits per heavy atom. The van der Waals surface area contributed by atoms with Crippen LogP contribution in [0.4, 0.5) is 5.69 Å². The van der Waals surface area contributed by atoms with Gasteiger partial charge in [-0.15, -0.1) is 0 Å². The molecule has 0 atom stereocenters. The van der Waals surface area contributed by atoms with Gasteiger partial charge in [-0.05, 0) is 42.0 Å². The van der Waals surface area contributed by atoms with E-state index in [0.717, 1.165) is 0 Å². The number of hydrogen-bond donors (Lipinski definition) is 1. The number of nitrogens with two attached hydrogens (primary N) is 1. The minimum atomic E-state index is -3.59. The summed E-state index contributed by atoms with van der Waals surface area (Å²) in [7, 11) is -2.08. The zero-order valence-electron chi connectivity index (χ0n) is 11.3. The number of halogens is 2. The number of nitrogens with zero attached hydrogens (tertiary/aromatic N) is 1. The number of benzene rings is 2. The first-order valence-electron chi connectivity index (χ1n) is 6.06. The highest BCUT2D eigenvalue weighted by Crippen LogP contribution is 2.24. The molecule has 0 radical (unpaired) electrons. The molecule has 2 rings (SSSR count). The third-order valence-electron chi connectivity index (χ3n) is 2.97. The zero-order chi connectivity index (χ0) is 15.6. The van der Waals surface area contributed by atoms with E-state index in [4.69, 9.17) is 17.3 Å². The van der Waals surface area contributed by atoms with Crippen molar-refractivity contribution in [2.45, 2.75) is 11.4 Å². The van der Waals surface area contributed by atoms with Crippen LogP contribution in [-0.4, -0.2) is 19.8 Å². The highest BCUT2D eigenvalue weighted by atomic mass is 79.9. The SMILES string of the molecule is CN(Cc1cc(N)ccc1Cl)S(=O)(=O)c1cccc(Br)c1. The average molecular weight is 390 g/mol. The van der Waals surface area contributed by atoms with Crippen molar-refractivity contribution < 1.29 is 8.42 Å². The first kappa shape index (κ1) is 16.3.